The summed E-state index contributed by atoms with van der Waals surface area (Å²) in [5.74, 6) is 0.624. The second kappa shape index (κ2) is 7.29. The molecular formula is C14H20BrClN2O2. The summed E-state index contributed by atoms with van der Waals surface area (Å²) in [6, 6.07) is 5.41. The molecule has 0 aliphatic carbocycles. The van der Waals surface area contributed by atoms with Crippen molar-refractivity contribution in [2.75, 3.05) is 20.2 Å². The Morgan fingerprint density at radius 2 is 2.05 bits per heavy atom. The van der Waals surface area contributed by atoms with Crippen LogP contribution in [0.25, 0.3) is 0 Å². The highest BCUT2D eigenvalue weighted by atomic mass is 79.9. The minimum Gasteiger partial charge on any atom is -0.497 e. The second-order valence-corrected chi connectivity index (χ2v) is 5.96. The average Bonchev–Trinajstić information content (AvgIpc) is 2.39. The molecule has 0 saturated carbocycles. The van der Waals surface area contributed by atoms with Crippen LogP contribution in [-0.2, 0) is 0 Å². The van der Waals surface area contributed by atoms with Gasteiger partial charge in [-0.05, 0) is 67.0 Å². The Balaban J connectivity index is 0.00000200. The number of nitrogens with one attached hydrogen (secondary N) is 2. The third-order valence-electron chi connectivity index (χ3n) is 3.54. The predicted molar refractivity (Wildman–Crippen MR) is 85.9 cm³/mol. The van der Waals surface area contributed by atoms with E-state index in [1.54, 1.807) is 13.2 Å². The maximum atomic E-state index is 12.4. The van der Waals surface area contributed by atoms with Crippen molar-refractivity contribution in [3.8, 4) is 5.75 Å². The van der Waals surface area contributed by atoms with Crippen molar-refractivity contribution in [1.82, 2.24) is 10.6 Å². The lowest BCUT2D eigenvalue weighted by Gasteiger charge is -2.35. The Kier molecular flexibility index (Phi) is 6.30. The molecule has 1 fully saturated rings. The number of carbonyl (C=O) groups is 1. The van der Waals surface area contributed by atoms with Crippen LogP contribution in [0.2, 0.25) is 0 Å². The van der Waals surface area contributed by atoms with Gasteiger partial charge in [0, 0.05) is 10.0 Å². The zero-order valence-corrected chi connectivity index (χ0v) is 14.1. The van der Waals surface area contributed by atoms with E-state index in [1.165, 1.54) is 0 Å². The number of methoxy groups -OCH3 is 1. The first-order valence-corrected chi connectivity index (χ1v) is 7.20. The third-order valence-corrected chi connectivity index (χ3v) is 4.23. The number of hydrogen-bond acceptors (Lipinski definition) is 3. The lowest BCUT2D eigenvalue weighted by Crippen LogP contribution is -2.52. The Labute approximate surface area is 134 Å². The van der Waals surface area contributed by atoms with Crippen LogP contribution in [0.4, 0.5) is 0 Å². The molecule has 1 amide bonds. The number of hydrogen-bond donors (Lipinski definition) is 2. The maximum Gasteiger partial charge on any atom is 0.252 e. The number of amides is 1. The van der Waals surface area contributed by atoms with Crippen LogP contribution in [0, 0.1) is 0 Å². The normalized spacial score (nSPS) is 16.9. The molecule has 0 unspecified atom stereocenters. The highest BCUT2D eigenvalue weighted by Crippen LogP contribution is 2.24. The molecule has 1 aliphatic rings. The van der Waals surface area contributed by atoms with E-state index < -0.39 is 0 Å². The van der Waals surface area contributed by atoms with E-state index in [4.69, 9.17) is 4.74 Å². The van der Waals surface area contributed by atoms with E-state index in [9.17, 15) is 4.79 Å². The zero-order chi connectivity index (χ0) is 13.9. The maximum absolute atomic E-state index is 12.4. The van der Waals surface area contributed by atoms with Gasteiger partial charge < -0.3 is 15.4 Å². The third kappa shape index (κ3) is 4.11. The van der Waals surface area contributed by atoms with E-state index >= 15 is 0 Å². The smallest absolute Gasteiger partial charge is 0.252 e. The van der Waals surface area contributed by atoms with Crippen LogP contribution in [0.3, 0.4) is 0 Å². The van der Waals surface area contributed by atoms with Gasteiger partial charge >= 0.3 is 0 Å². The van der Waals surface area contributed by atoms with E-state index in [0.717, 1.165) is 30.4 Å². The fourth-order valence-electron chi connectivity index (χ4n) is 2.25. The molecule has 20 heavy (non-hydrogen) atoms. The Hall–Kier alpha value is -0.780. The molecule has 4 nitrogen and oxygen atoms in total. The molecule has 112 valence electrons. The summed E-state index contributed by atoms with van der Waals surface area (Å²) in [7, 11) is 1.60. The van der Waals surface area contributed by atoms with Gasteiger partial charge in [-0.2, -0.15) is 0 Å². The fraction of sp³-hybridized carbons (Fsp3) is 0.500. The first-order chi connectivity index (χ1) is 9.04. The number of carbonyl (C=O) groups excluding carboxylic acids is 1. The van der Waals surface area contributed by atoms with Gasteiger partial charge in [0.15, 0.2) is 0 Å². The lowest BCUT2D eigenvalue weighted by molar-refractivity contribution is 0.0886. The molecule has 1 heterocycles. The van der Waals surface area contributed by atoms with E-state index in [0.29, 0.717) is 11.3 Å². The molecule has 6 heteroatoms. The van der Waals surface area contributed by atoms with Crippen molar-refractivity contribution in [2.24, 2.45) is 0 Å². The standard InChI is InChI=1S/C14H19BrN2O2.ClH/c1-14(5-7-16-8-6-14)17-13(18)11-9-10(19-2)3-4-12(11)15;/h3-4,9,16H,5-8H2,1-2H3,(H,17,18);1H. The molecule has 0 atom stereocenters. The lowest BCUT2D eigenvalue weighted by atomic mass is 9.90. The van der Waals surface area contributed by atoms with Gasteiger partial charge in [0.1, 0.15) is 5.75 Å². The quantitative estimate of drug-likeness (QED) is 0.868. The van der Waals surface area contributed by atoms with E-state index in [-0.39, 0.29) is 23.9 Å². The average molecular weight is 364 g/mol. The Morgan fingerprint density at radius 1 is 1.40 bits per heavy atom. The van der Waals surface area contributed by atoms with Gasteiger partial charge in [-0.25, -0.2) is 0 Å². The molecule has 0 bridgehead atoms. The highest BCUT2D eigenvalue weighted by molar-refractivity contribution is 9.10. The van der Waals surface area contributed by atoms with E-state index in [2.05, 4.69) is 33.5 Å². The largest absolute Gasteiger partial charge is 0.497 e. The number of benzene rings is 1. The minimum absolute atomic E-state index is 0. The SMILES string of the molecule is COc1ccc(Br)c(C(=O)NC2(C)CCNCC2)c1.Cl. The van der Waals surface area contributed by atoms with Crippen LogP contribution >= 0.6 is 28.3 Å². The molecule has 2 N–H and O–H groups in total. The summed E-state index contributed by atoms with van der Waals surface area (Å²) in [5.41, 5.74) is 0.476. The molecule has 0 spiro atoms. The van der Waals surface area contributed by atoms with Crippen LogP contribution < -0.4 is 15.4 Å². The van der Waals surface area contributed by atoms with Crippen molar-refractivity contribution in [2.45, 2.75) is 25.3 Å². The molecule has 1 saturated heterocycles. The van der Waals surface area contributed by atoms with Gasteiger partial charge in [-0.1, -0.05) is 0 Å². The zero-order valence-electron chi connectivity index (χ0n) is 11.7. The van der Waals surface area contributed by atoms with Crippen LogP contribution in [-0.4, -0.2) is 31.6 Å². The van der Waals surface area contributed by atoms with Crippen molar-refractivity contribution in [3.05, 3.63) is 28.2 Å². The summed E-state index contributed by atoms with van der Waals surface area (Å²) in [6.07, 6.45) is 1.89. The van der Waals surface area contributed by atoms with Gasteiger partial charge in [0.2, 0.25) is 0 Å². The summed E-state index contributed by atoms with van der Waals surface area (Å²) in [4.78, 5) is 12.4. The highest BCUT2D eigenvalue weighted by Gasteiger charge is 2.29. The number of halogens is 2. The molecule has 0 radical (unpaired) electrons. The molecule has 2 rings (SSSR count). The number of rotatable bonds is 3. The number of ether oxygens (including phenoxy) is 1. The van der Waals surface area contributed by atoms with Crippen molar-refractivity contribution in [3.63, 3.8) is 0 Å². The topological polar surface area (TPSA) is 50.4 Å². The van der Waals surface area contributed by atoms with Crippen LogP contribution in [0.5, 0.6) is 5.75 Å². The summed E-state index contributed by atoms with van der Waals surface area (Å²) in [6.45, 7) is 3.98. The summed E-state index contributed by atoms with van der Waals surface area (Å²) >= 11 is 3.41. The Bertz CT molecular complexity index is 476. The fourth-order valence-corrected chi connectivity index (χ4v) is 2.68. The molecular weight excluding hydrogens is 344 g/mol. The van der Waals surface area contributed by atoms with Crippen molar-refractivity contribution >= 4 is 34.2 Å². The molecule has 1 aliphatic heterocycles. The second-order valence-electron chi connectivity index (χ2n) is 5.11. The van der Waals surface area contributed by atoms with Crippen LogP contribution in [0.15, 0.2) is 22.7 Å². The van der Waals surface area contributed by atoms with Crippen LogP contribution in [0.1, 0.15) is 30.1 Å². The molecule has 1 aromatic carbocycles. The van der Waals surface area contributed by atoms with Gasteiger partial charge in [0.25, 0.3) is 5.91 Å². The predicted octanol–water partition coefficient (Wildman–Crippen LogP) is 2.75. The first-order valence-electron chi connectivity index (χ1n) is 6.41. The monoisotopic (exact) mass is 362 g/mol. The van der Waals surface area contributed by atoms with Crippen molar-refractivity contribution < 1.29 is 9.53 Å². The minimum atomic E-state index is -0.134. The molecule has 0 aromatic heterocycles. The van der Waals surface area contributed by atoms with Gasteiger partial charge in [0.05, 0.1) is 12.7 Å². The number of piperidine rings is 1. The first kappa shape index (κ1) is 17.3. The van der Waals surface area contributed by atoms with E-state index in [1.807, 2.05) is 12.1 Å². The molecule has 1 aromatic rings. The van der Waals surface area contributed by atoms with Crippen molar-refractivity contribution in [1.29, 1.82) is 0 Å². The summed E-state index contributed by atoms with van der Waals surface area (Å²) < 4.78 is 5.95. The van der Waals surface area contributed by atoms with Gasteiger partial charge in [-0.3, -0.25) is 4.79 Å². The summed E-state index contributed by atoms with van der Waals surface area (Å²) in [5, 5.41) is 6.44. The van der Waals surface area contributed by atoms with Gasteiger partial charge in [-0.15, -0.1) is 12.4 Å². The Morgan fingerprint density at radius 3 is 2.65 bits per heavy atom.